The Kier molecular flexibility index (Phi) is 4.00. The van der Waals surface area contributed by atoms with Gasteiger partial charge in [-0.3, -0.25) is 10.1 Å². The zero-order valence-electron chi connectivity index (χ0n) is 13.4. The summed E-state index contributed by atoms with van der Waals surface area (Å²) in [6.07, 6.45) is 1.70. The van der Waals surface area contributed by atoms with Crippen LogP contribution in [0.25, 0.3) is 11.3 Å². The van der Waals surface area contributed by atoms with Gasteiger partial charge in [0.2, 0.25) is 5.95 Å². The molecule has 0 bridgehead atoms. The first-order valence-electron chi connectivity index (χ1n) is 8.08. The summed E-state index contributed by atoms with van der Waals surface area (Å²) in [7, 11) is 0. The van der Waals surface area contributed by atoms with Gasteiger partial charge in [-0.15, -0.1) is 0 Å². The maximum atomic E-state index is 12.6. The van der Waals surface area contributed by atoms with Gasteiger partial charge in [-0.1, -0.05) is 60.7 Å². The highest BCUT2D eigenvalue weighted by Crippen LogP contribution is 2.22. The van der Waals surface area contributed by atoms with Gasteiger partial charge in [-0.25, -0.2) is 4.98 Å². The first-order chi connectivity index (χ1) is 12.3. The fourth-order valence-electron chi connectivity index (χ4n) is 2.89. The third-order valence-electron chi connectivity index (χ3n) is 4.15. The second-order valence-corrected chi connectivity index (χ2v) is 5.79. The number of nitrogens with zero attached hydrogens (tertiary/aromatic N) is 2. The number of amides is 1. The molecule has 0 saturated heterocycles. The van der Waals surface area contributed by atoms with Crippen molar-refractivity contribution in [3.05, 3.63) is 72.4 Å². The average Bonchev–Trinajstić information content (AvgIpc) is 3.33. The van der Waals surface area contributed by atoms with Crippen molar-refractivity contribution in [1.29, 1.82) is 0 Å². The summed E-state index contributed by atoms with van der Waals surface area (Å²) in [6, 6.07) is 19.7. The van der Waals surface area contributed by atoms with E-state index in [2.05, 4.69) is 25.8 Å². The summed E-state index contributed by atoms with van der Waals surface area (Å²) in [5.74, 6) is 0.0860. The van der Waals surface area contributed by atoms with Crippen LogP contribution in [0.2, 0.25) is 0 Å². The number of benzene rings is 2. The van der Waals surface area contributed by atoms with E-state index in [1.807, 2.05) is 60.7 Å². The maximum Gasteiger partial charge on any atom is 0.274 e. The largest absolute Gasteiger partial charge is 0.324 e. The molecular weight excluding hydrogens is 314 g/mol. The molecule has 3 N–H and O–H groups in total. The molecule has 2 heterocycles. The van der Waals surface area contributed by atoms with Gasteiger partial charge in [-0.2, -0.15) is 5.10 Å². The first kappa shape index (κ1) is 15.1. The number of hydrazone groups is 1. The van der Waals surface area contributed by atoms with E-state index in [1.165, 1.54) is 0 Å². The quantitative estimate of drug-likeness (QED) is 0.687. The van der Waals surface area contributed by atoms with Crippen molar-refractivity contribution >= 4 is 17.6 Å². The van der Waals surface area contributed by atoms with Crippen molar-refractivity contribution in [3.8, 4) is 11.3 Å². The Morgan fingerprint density at radius 2 is 1.76 bits per heavy atom. The van der Waals surface area contributed by atoms with Gasteiger partial charge in [0.05, 0.1) is 17.8 Å². The van der Waals surface area contributed by atoms with Crippen molar-refractivity contribution in [1.82, 2.24) is 15.4 Å². The number of rotatable bonds is 4. The van der Waals surface area contributed by atoms with Gasteiger partial charge in [0, 0.05) is 6.54 Å². The second kappa shape index (κ2) is 6.60. The number of aromatic nitrogens is 2. The number of H-pyrrole nitrogens is 1. The normalized spacial score (nSPS) is 16.2. The molecule has 1 aromatic heterocycles. The molecule has 124 valence electrons. The number of hydrogen-bond donors (Lipinski definition) is 3. The fourth-order valence-corrected chi connectivity index (χ4v) is 2.89. The van der Waals surface area contributed by atoms with E-state index in [-0.39, 0.29) is 11.8 Å². The van der Waals surface area contributed by atoms with E-state index in [4.69, 9.17) is 0 Å². The van der Waals surface area contributed by atoms with Crippen LogP contribution >= 0.6 is 0 Å². The lowest BCUT2D eigenvalue weighted by molar-refractivity contribution is -0.110. The van der Waals surface area contributed by atoms with E-state index in [0.29, 0.717) is 18.2 Å². The summed E-state index contributed by atoms with van der Waals surface area (Å²) in [6.45, 7) is 0.611. The lowest BCUT2D eigenvalue weighted by Gasteiger charge is -2.11. The van der Waals surface area contributed by atoms with Crippen LogP contribution < -0.4 is 10.7 Å². The fraction of sp³-hybridized carbons (Fsp3) is 0.105. The summed E-state index contributed by atoms with van der Waals surface area (Å²) in [5.41, 5.74) is 6.30. The summed E-state index contributed by atoms with van der Waals surface area (Å²) in [5, 5.41) is 6.96. The van der Waals surface area contributed by atoms with Crippen LogP contribution in [0, 0.1) is 0 Å². The van der Waals surface area contributed by atoms with Crippen LogP contribution in [0.3, 0.4) is 0 Å². The van der Waals surface area contributed by atoms with E-state index in [9.17, 15) is 4.79 Å². The zero-order valence-corrected chi connectivity index (χ0v) is 13.4. The molecular formula is C19H17N5O. The minimum absolute atomic E-state index is 0.0650. The lowest BCUT2D eigenvalue weighted by Crippen LogP contribution is -2.27. The minimum Gasteiger partial charge on any atom is -0.324 e. The highest BCUT2D eigenvalue weighted by Gasteiger charge is 2.29. The van der Waals surface area contributed by atoms with Gasteiger partial charge in [0.1, 0.15) is 5.71 Å². The van der Waals surface area contributed by atoms with Crippen LogP contribution in [-0.2, 0) is 4.79 Å². The minimum atomic E-state index is -0.257. The van der Waals surface area contributed by atoms with Crippen molar-refractivity contribution in [2.45, 2.75) is 5.92 Å². The molecule has 0 aliphatic carbocycles. The SMILES string of the molecule is O=C(Nc1ncc(-c2ccccc2)[nH]1)C1=NNCC1c1ccccc1. The summed E-state index contributed by atoms with van der Waals surface area (Å²) >= 11 is 0. The monoisotopic (exact) mass is 331 g/mol. The molecule has 1 amide bonds. The van der Waals surface area contributed by atoms with Gasteiger partial charge < -0.3 is 10.4 Å². The molecule has 25 heavy (non-hydrogen) atoms. The Morgan fingerprint density at radius 1 is 1.04 bits per heavy atom. The number of aromatic amines is 1. The molecule has 6 nitrogen and oxygen atoms in total. The highest BCUT2D eigenvalue weighted by molar-refractivity contribution is 6.45. The Labute approximate surface area is 145 Å². The van der Waals surface area contributed by atoms with Crippen LogP contribution in [0.5, 0.6) is 0 Å². The lowest BCUT2D eigenvalue weighted by atomic mass is 9.94. The molecule has 3 aromatic rings. The van der Waals surface area contributed by atoms with Crippen molar-refractivity contribution in [3.63, 3.8) is 0 Å². The number of carbonyl (C=O) groups is 1. The topological polar surface area (TPSA) is 82.2 Å². The van der Waals surface area contributed by atoms with Crippen LogP contribution in [0.1, 0.15) is 11.5 Å². The predicted octanol–water partition coefficient (Wildman–Crippen LogP) is 2.76. The van der Waals surface area contributed by atoms with Crippen LogP contribution in [0.4, 0.5) is 5.95 Å². The number of carbonyl (C=O) groups excluding carboxylic acids is 1. The van der Waals surface area contributed by atoms with Gasteiger partial charge in [0.25, 0.3) is 5.91 Å². The summed E-state index contributed by atoms with van der Waals surface area (Å²) in [4.78, 5) is 20.0. The van der Waals surface area contributed by atoms with Crippen LogP contribution in [0.15, 0.2) is 72.0 Å². The maximum absolute atomic E-state index is 12.6. The molecule has 1 aliphatic rings. The smallest absolute Gasteiger partial charge is 0.274 e. The Morgan fingerprint density at radius 3 is 2.52 bits per heavy atom. The van der Waals surface area contributed by atoms with Crippen molar-refractivity contribution < 1.29 is 4.79 Å². The third-order valence-corrected chi connectivity index (χ3v) is 4.15. The van der Waals surface area contributed by atoms with Crippen molar-refractivity contribution in [2.75, 3.05) is 11.9 Å². The average molecular weight is 331 g/mol. The molecule has 4 rings (SSSR count). The van der Waals surface area contributed by atoms with Gasteiger partial charge in [-0.05, 0) is 11.1 Å². The Hall–Kier alpha value is -3.41. The van der Waals surface area contributed by atoms with Gasteiger partial charge in [0.15, 0.2) is 0 Å². The number of anilines is 1. The molecule has 0 saturated carbocycles. The van der Waals surface area contributed by atoms with Gasteiger partial charge >= 0.3 is 0 Å². The molecule has 0 fully saturated rings. The predicted molar refractivity (Wildman–Crippen MR) is 97.3 cm³/mol. The number of imidazole rings is 1. The summed E-state index contributed by atoms with van der Waals surface area (Å²) < 4.78 is 0. The standard InChI is InChI=1S/C19H17N5O/c25-18(17-15(11-21-24-17)13-7-3-1-4-8-13)23-19-20-12-16(22-19)14-9-5-2-6-10-14/h1-10,12,15,21H,11H2,(H2,20,22,23,25). The first-order valence-corrected chi connectivity index (χ1v) is 8.08. The third kappa shape index (κ3) is 3.14. The van der Waals surface area contributed by atoms with E-state index < -0.39 is 0 Å². The molecule has 1 atom stereocenters. The molecule has 1 aliphatic heterocycles. The second-order valence-electron chi connectivity index (χ2n) is 5.79. The Balaban J connectivity index is 1.50. The highest BCUT2D eigenvalue weighted by atomic mass is 16.2. The molecule has 6 heteroatoms. The Bertz CT molecular complexity index is 902. The van der Waals surface area contributed by atoms with Crippen molar-refractivity contribution in [2.24, 2.45) is 5.10 Å². The molecule has 2 aromatic carbocycles. The van der Waals surface area contributed by atoms with E-state index >= 15 is 0 Å². The number of nitrogens with one attached hydrogen (secondary N) is 3. The number of hydrogen-bond acceptors (Lipinski definition) is 4. The molecule has 0 spiro atoms. The molecule has 1 unspecified atom stereocenters. The van der Waals surface area contributed by atoms with E-state index in [0.717, 1.165) is 16.8 Å². The molecule has 0 radical (unpaired) electrons. The zero-order chi connectivity index (χ0) is 17.1. The van der Waals surface area contributed by atoms with E-state index in [1.54, 1.807) is 6.20 Å². The van der Waals surface area contributed by atoms with Crippen LogP contribution in [-0.4, -0.2) is 28.1 Å².